The zero-order valence-electron chi connectivity index (χ0n) is 19.6. The highest BCUT2D eigenvalue weighted by Gasteiger charge is 2.62. The Morgan fingerprint density at radius 2 is 1.32 bits per heavy atom. The first-order valence-electron chi connectivity index (χ1n) is 11.8. The summed E-state index contributed by atoms with van der Waals surface area (Å²) in [5, 5.41) is 31.7. The maximum atomic E-state index is 13.6. The minimum atomic E-state index is -1.15. The van der Waals surface area contributed by atoms with Crippen LogP contribution in [0.15, 0.2) is 78.4 Å². The van der Waals surface area contributed by atoms with Gasteiger partial charge in [0, 0.05) is 29.5 Å². The Balaban J connectivity index is 1.34. The van der Waals surface area contributed by atoms with Gasteiger partial charge in [0.2, 0.25) is 0 Å². The number of non-ortho nitro benzene ring substituents is 1. The number of rotatable bonds is 4. The molecule has 2 bridgehead atoms. The number of nitro benzene ring substituents is 1. The Morgan fingerprint density at radius 3 is 1.71 bits per heavy atom. The molecule has 3 aromatic carbocycles. The lowest BCUT2D eigenvalue weighted by atomic mass is 9.55. The van der Waals surface area contributed by atoms with Gasteiger partial charge in [0.05, 0.1) is 16.8 Å². The number of nitrogens with one attached hydrogen (secondary N) is 1. The van der Waals surface area contributed by atoms with Crippen LogP contribution in [0.25, 0.3) is 5.76 Å². The number of nitrogens with zero attached hydrogens (tertiary/aromatic N) is 3. The summed E-state index contributed by atoms with van der Waals surface area (Å²) in [7, 11) is 0. The van der Waals surface area contributed by atoms with Crippen molar-refractivity contribution in [3.8, 4) is 6.07 Å². The summed E-state index contributed by atoms with van der Waals surface area (Å²) >= 11 is 0. The molecule has 0 spiro atoms. The molecule has 3 amide bonds. The Morgan fingerprint density at radius 1 is 0.868 bits per heavy atom. The highest BCUT2D eigenvalue weighted by molar-refractivity contribution is 6.11. The molecule has 2 atom stereocenters. The van der Waals surface area contributed by atoms with Gasteiger partial charge in [0.1, 0.15) is 11.8 Å². The van der Waals surface area contributed by atoms with E-state index >= 15 is 0 Å². The molecule has 2 N–H and O–H groups in total. The number of nitro groups is 1. The monoisotopic (exact) mass is 506 g/mol. The van der Waals surface area contributed by atoms with Crippen LogP contribution in [-0.4, -0.2) is 32.8 Å². The molecule has 1 fully saturated rings. The Hall–Kier alpha value is -5.30. The van der Waals surface area contributed by atoms with Crippen molar-refractivity contribution < 1.29 is 24.4 Å². The van der Waals surface area contributed by atoms with Crippen LogP contribution in [0.2, 0.25) is 0 Å². The van der Waals surface area contributed by atoms with Crippen LogP contribution in [0.4, 0.5) is 5.69 Å². The van der Waals surface area contributed by atoms with E-state index in [4.69, 9.17) is 0 Å². The molecule has 10 heteroatoms. The van der Waals surface area contributed by atoms with E-state index < -0.39 is 45.8 Å². The van der Waals surface area contributed by atoms with Crippen LogP contribution in [0.3, 0.4) is 0 Å². The number of imide groups is 1. The lowest BCUT2D eigenvalue weighted by Crippen LogP contribution is -2.47. The van der Waals surface area contributed by atoms with E-state index in [-0.39, 0.29) is 23.1 Å². The van der Waals surface area contributed by atoms with Gasteiger partial charge in [0.15, 0.2) is 5.57 Å². The molecule has 1 aliphatic heterocycles. The average Bonchev–Trinajstić information content (AvgIpc) is 3.18. The number of carbonyl (C=O) groups excluding carboxylic acids is 3. The molecule has 0 saturated carbocycles. The molecule has 4 aliphatic rings. The van der Waals surface area contributed by atoms with Crippen molar-refractivity contribution in [1.82, 2.24) is 10.4 Å². The number of amides is 3. The number of carbonyl (C=O) groups is 3. The molecule has 186 valence electrons. The fraction of sp³-hybridized carbons (Fsp3) is 0.143. The molecule has 7 rings (SSSR count). The second kappa shape index (κ2) is 8.38. The highest BCUT2D eigenvalue weighted by atomic mass is 16.6. The first-order valence-corrected chi connectivity index (χ1v) is 11.8. The summed E-state index contributed by atoms with van der Waals surface area (Å²) in [5.41, 5.74) is 5.12. The Kier molecular flexibility index (Phi) is 5.10. The minimum absolute atomic E-state index is 0.0148. The summed E-state index contributed by atoms with van der Waals surface area (Å²) in [6.45, 7) is 0. The number of aliphatic hydroxyl groups excluding tert-OH is 1. The van der Waals surface area contributed by atoms with Gasteiger partial charge in [-0.2, -0.15) is 10.3 Å². The Bertz CT molecular complexity index is 1520. The number of hydrogen-bond acceptors (Lipinski definition) is 7. The van der Waals surface area contributed by atoms with E-state index in [2.05, 4.69) is 5.43 Å². The largest absolute Gasteiger partial charge is 0.506 e. The molecule has 3 aliphatic carbocycles. The van der Waals surface area contributed by atoms with Crippen LogP contribution in [0.5, 0.6) is 0 Å². The fourth-order valence-electron chi connectivity index (χ4n) is 6.04. The van der Waals surface area contributed by atoms with Gasteiger partial charge in [-0.3, -0.25) is 29.9 Å². The second-order valence-corrected chi connectivity index (χ2v) is 9.36. The second-order valence-electron chi connectivity index (χ2n) is 9.36. The molecule has 1 saturated heterocycles. The highest BCUT2D eigenvalue weighted by Crippen LogP contribution is 2.60. The van der Waals surface area contributed by atoms with Crippen LogP contribution < -0.4 is 5.43 Å². The molecule has 0 aromatic heterocycles. The van der Waals surface area contributed by atoms with Gasteiger partial charge in [-0.1, -0.05) is 48.5 Å². The maximum Gasteiger partial charge on any atom is 0.284 e. The van der Waals surface area contributed by atoms with Crippen molar-refractivity contribution in [3.63, 3.8) is 0 Å². The van der Waals surface area contributed by atoms with Crippen molar-refractivity contribution in [3.05, 3.63) is 116 Å². The first-order chi connectivity index (χ1) is 18.3. The zero-order chi connectivity index (χ0) is 26.7. The van der Waals surface area contributed by atoms with Crippen molar-refractivity contribution in [2.75, 3.05) is 0 Å². The maximum absolute atomic E-state index is 13.6. The minimum Gasteiger partial charge on any atom is -0.506 e. The molecular weight excluding hydrogens is 488 g/mol. The summed E-state index contributed by atoms with van der Waals surface area (Å²) in [6.07, 6.45) is 0. The van der Waals surface area contributed by atoms with Crippen molar-refractivity contribution >= 4 is 29.2 Å². The quantitative estimate of drug-likeness (QED) is 0.137. The third-order valence-corrected chi connectivity index (χ3v) is 7.59. The molecule has 10 nitrogen and oxygen atoms in total. The van der Waals surface area contributed by atoms with Crippen molar-refractivity contribution in [1.29, 1.82) is 5.26 Å². The predicted molar refractivity (Wildman–Crippen MR) is 132 cm³/mol. The molecule has 3 aromatic rings. The topological polar surface area (TPSA) is 154 Å². The van der Waals surface area contributed by atoms with Gasteiger partial charge in [-0.15, -0.1) is 0 Å². The van der Waals surface area contributed by atoms with Crippen molar-refractivity contribution in [2.45, 2.75) is 11.8 Å². The lowest BCUT2D eigenvalue weighted by Gasteiger charge is -2.45. The first kappa shape index (κ1) is 23.1. The normalized spacial score (nSPS) is 23.1. The summed E-state index contributed by atoms with van der Waals surface area (Å²) in [6, 6.07) is 21.6. The summed E-state index contributed by atoms with van der Waals surface area (Å²) < 4.78 is 0. The molecule has 0 unspecified atom stereocenters. The number of benzene rings is 3. The average molecular weight is 506 g/mol. The lowest BCUT2D eigenvalue weighted by molar-refractivity contribution is -0.384. The van der Waals surface area contributed by atoms with E-state index in [0.717, 1.165) is 34.4 Å². The number of aliphatic hydroxyl groups is 1. The van der Waals surface area contributed by atoms with E-state index in [0.29, 0.717) is 5.01 Å². The van der Waals surface area contributed by atoms with E-state index in [1.165, 1.54) is 12.1 Å². The van der Waals surface area contributed by atoms with Crippen LogP contribution in [0, 0.1) is 33.3 Å². The van der Waals surface area contributed by atoms with Gasteiger partial charge in [-0.05, 0) is 34.4 Å². The molecule has 1 heterocycles. The van der Waals surface area contributed by atoms with Gasteiger partial charge in [0.25, 0.3) is 23.4 Å². The third-order valence-electron chi connectivity index (χ3n) is 7.59. The fourth-order valence-corrected chi connectivity index (χ4v) is 6.04. The van der Waals surface area contributed by atoms with Crippen LogP contribution in [-0.2, 0) is 14.4 Å². The van der Waals surface area contributed by atoms with E-state index in [1.807, 2.05) is 48.5 Å². The predicted octanol–water partition coefficient (Wildman–Crippen LogP) is 3.31. The third kappa shape index (κ3) is 3.15. The van der Waals surface area contributed by atoms with E-state index in [9.17, 15) is 34.9 Å². The van der Waals surface area contributed by atoms with Gasteiger partial charge in [-0.25, -0.2) is 0 Å². The van der Waals surface area contributed by atoms with E-state index in [1.54, 1.807) is 6.07 Å². The molecule has 0 radical (unpaired) electrons. The number of nitriles is 1. The zero-order valence-corrected chi connectivity index (χ0v) is 19.6. The van der Waals surface area contributed by atoms with Crippen molar-refractivity contribution in [2.24, 2.45) is 11.8 Å². The smallest absolute Gasteiger partial charge is 0.284 e. The van der Waals surface area contributed by atoms with Gasteiger partial charge >= 0.3 is 0 Å². The SMILES string of the molecule is N#C/C(C(=O)NN1C(=O)[C@H]2C3c4ccccc4C(c4ccccc43)[C@@H]2C1=O)=C(/O)c1ccc([N+](=O)[O-])cc1. The Labute approximate surface area is 215 Å². The molecular formula is C28H18N4O6. The van der Waals surface area contributed by atoms with Gasteiger partial charge < -0.3 is 5.11 Å². The summed E-state index contributed by atoms with van der Waals surface area (Å²) in [4.78, 5) is 50.5. The number of hydrazine groups is 1. The van der Waals surface area contributed by atoms with Crippen LogP contribution in [0.1, 0.15) is 39.7 Å². The molecule has 38 heavy (non-hydrogen) atoms. The van der Waals surface area contributed by atoms with Crippen LogP contribution >= 0.6 is 0 Å². The number of hydrogen-bond donors (Lipinski definition) is 2. The standard InChI is InChI=1S/C28H18N4O6/c29-13-20(25(33)14-9-11-15(12-10-14)32(37)38)26(34)30-31-27(35)23-21-16-5-1-2-6-17(16)22(24(23)28(31)36)19-8-4-3-7-18(19)21/h1-12,21-24,33H,(H,30,34)/b25-20-/t21?,22?,23-,24-/m0/s1. The summed E-state index contributed by atoms with van der Waals surface area (Å²) in [5.74, 6) is -5.24.